The van der Waals surface area contributed by atoms with Gasteiger partial charge in [-0.1, -0.05) is 18.2 Å². The first kappa shape index (κ1) is 20.5. The third-order valence-electron chi connectivity index (χ3n) is 3.78. The van der Waals surface area contributed by atoms with E-state index < -0.39 is 0 Å². The van der Waals surface area contributed by atoms with E-state index in [1.807, 2.05) is 60.3 Å². The van der Waals surface area contributed by atoms with Crippen molar-refractivity contribution in [2.45, 2.75) is 26.5 Å². The van der Waals surface area contributed by atoms with Crippen LogP contribution in [0.15, 0.2) is 47.0 Å². The minimum absolute atomic E-state index is 0. The number of aromatic nitrogens is 2. The van der Waals surface area contributed by atoms with Gasteiger partial charge in [0.15, 0.2) is 10.9 Å². The molecular formula is C18H24IN5OS. The predicted octanol–water partition coefficient (Wildman–Crippen LogP) is 3.45. The van der Waals surface area contributed by atoms with E-state index in [4.69, 9.17) is 4.74 Å². The zero-order valence-electron chi connectivity index (χ0n) is 15.1. The summed E-state index contributed by atoms with van der Waals surface area (Å²) in [4.78, 5) is 9.80. The van der Waals surface area contributed by atoms with Crippen molar-refractivity contribution in [3.63, 3.8) is 0 Å². The van der Waals surface area contributed by atoms with Gasteiger partial charge in [0.25, 0.3) is 0 Å². The molecule has 0 aliphatic heterocycles. The molecular weight excluding hydrogens is 461 g/mol. The van der Waals surface area contributed by atoms with E-state index in [-0.39, 0.29) is 30.1 Å². The Morgan fingerprint density at radius 3 is 2.88 bits per heavy atom. The van der Waals surface area contributed by atoms with Crippen molar-refractivity contribution in [3.05, 3.63) is 53.3 Å². The van der Waals surface area contributed by atoms with Gasteiger partial charge in [-0.3, -0.25) is 9.39 Å². The van der Waals surface area contributed by atoms with Crippen LogP contribution in [0.25, 0.3) is 4.96 Å². The van der Waals surface area contributed by atoms with E-state index in [1.54, 1.807) is 18.4 Å². The average molecular weight is 485 g/mol. The van der Waals surface area contributed by atoms with E-state index in [0.29, 0.717) is 13.1 Å². The van der Waals surface area contributed by atoms with Gasteiger partial charge in [-0.05, 0) is 25.5 Å². The Kier molecular flexibility index (Phi) is 7.70. The van der Waals surface area contributed by atoms with Gasteiger partial charge in [0.1, 0.15) is 11.9 Å². The van der Waals surface area contributed by atoms with Crippen molar-refractivity contribution >= 4 is 46.2 Å². The van der Waals surface area contributed by atoms with Gasteiger partial charge in [-0.15, -0.1) is 35.3 Å². The van der Waals surface area contributed by atoms with Crippen LogP contribution in [0.1, 0.15) is 18.2 Å². The number of para-hydroxylation sites is 1. The molecule has 0 saturated heterocycles. The van der Waals surface area contributed by atoms with Crippen LogP contribution in [0.4, 0.5) is 0 Å². The highest BCUT2D eigenvalue weighted by Gasteiger charge is 2.08. The van der Waals surface area contributed by atoms with Crippen molar-refractivity contribution in [3.8, 4) is 5.75 Å². The van der Waals surface area contributed by atoms with E-state index >= 15 is 0 Å². The van der Waals surface area contributed by atoms with E-state index in [1.165, 1.54) is 0 Å². The molecule has 3 rings (SSSR count). The lowest BCUT2D eigenvalue weighted by Gasteiger charge is -2.18. The second-order valence-electron chi connectivity index (χ2n) is 5.83. The second-order valence-corrected chi connectivity index (χ2v) is 6.70. The Hall–Kier alpha value is -1.81. The highest BCUT2D eigenvalue weighted by molar-refractivity contribution is 14.0. The first-order valence-corrected chi connectivity index (χ1v) is 9.11. The van der Waals surface area contributed by atoms with Crippen LogP contribution in [0.3, 0.4) is 0 Å². The van der Waals surface area contributed by atoms with Crippen molar-refractivity contribution < 1.29 is 4.74 Å². The van der Waals surface area contributed by atoms with Gasteiger partial charge in [0.05, 0.1) is 18.8 Å². The number of nitrogens with zero attached hydrogens (tertiary/aromatic N) is 3. The number of thiazole rings is 1. The standard InChI is InChI=1S/C18H23N5OS.HI/c1-13-6-4-5-7-16(13)24-14(2)10-20-17(19-3)21-11-15-12-23-8-9-25-18(23)22-15;/h4-9,12,14H,10-11H2,1-3H3,(H2,19,20,21);1H. The summed E-state index contributed by atoms with van der Waals surface area (Å²) in [6.07, 6.45) is 4.06. The highest BCUT2D eigenvalue weighted by Crippen LogP contribution is 2.17. The molecule has 0 saturated carbocycles. The number of imidazole rings is 1. The third-order valence-corrected chi connectivity index (χ3v) is 4.55. The van der Waals surface area contributed by atoms with Crippen LogP contribution in [0.5, 0.6) is 5.75 Å². The maximum absolute atomic E-state index is 5.97. The monoisotopic (exact) mass is 485 g/mol. The topological polar surface area (TPSA) is 63.0 Å². The second kappa shape index (κ2) is 9.77. The number of nitrogens with one attached hydrogen (secondary N) is 2. The summed E-state index contributed by atoms with van der Waals surface area (Å²) >= 11 is 1.63. The molecule has 140 valence electrons. The number of halogens is 1. The fourth-order valence-electron chi connectivity index (χ4n) is 2.44. The zero-order valence-corrected chi connectivity index (χ0v) is 18.2. The summed E-state index contributed by atoms with van der Waals surface area (Å²) in [7, 11) is 1.76. The molecule has 1 aromatic carbocycles. The third kappa shape index (κ3) is 5.34. The van der Waals surface area contributed by atoms with Crippen LogP contribution < -0.4 is 15.4 Å². The van der Waals surface area contributed by atoms with Gasteiger partial charge in [-0.2, -0.15) is 0 Å². The molecule has 2 heterocycles. The van der Waals surface area contributed by atoms with Crippen molar-refractivity contribution in [2.75, 3.05) is 13.6 Å². The van der Waals surface area contributed by atoms with Crippen molar-refractivity contribution in [1.29, 1.82) is 0 Å². The molecule has 0 aliphatic carbocycles. The summed E-state index contributed by atoms with van der Waals surface area (Å²) in [6.45, 7) is 5.37. The maximum Gasteiger partial charge on any atom is 0.193 e. The molecule has 2 N–H and O–H groups in total. The molecule has 26 heavy (non-hydrogen) atoms. The first-order chi connectivity index (χ1) is 12.2. The minimum Gasteiger partial charge on any atom is -0.489 e. The molecule has 1 atom stereocenters. The number of benzene rings is 1. The van der Waals surface area contributed by atoms with Crippen molar-refractivity contribution in [2.24, 2.45) is 4.99 Å². The Bertz CT molecular complexity index is 832. The first-order valence-electron chi connectivity index (χ1n) is 8.23. The largest absolute Gasteiger partial charge is 0.489 e. The smallest absolute Gasteiger partial charge is 0.193 e. The molecule has 2 aromatic heterocycles. The summed E-state index contributed by atoms with van der Waals surface area (Å²) in [5.41, 5.74) is 2.12. The SMILES string of the molecule is CN=C(NCc1cn2ccsc2n1)NCC(C)Oc1ccccc1C.I. The van der Waals surface area contributed by atoms with Gasteiger partial charge < -0.3 is 15.4 Å². The molecule has 3 aromatic rings. The predicted molar refractivity (Wildman–Crippen MR) is 118 cm³/mol. The van der Waals surface area contributed by atoms with Crippen LogP contribution in [-0.4, -0.2) is 35.0 Å². The number of aryl methyl sites for hydroxylation is 1. The lowest BCUT2D eigenvalue weighted by atomic mass is 10.2. The van der Waals surface area contributed by atoms with Gasteiger partial charge >= 0.3 is 0 Å². The Morgan fingerprint density at radius 1 is 1.35 bits per heavy atom. The van der Waals surface area contributed by atoms with Crippen LogP contribution in [0, 0.1) is 6.92 Å². The quantitative estimate of drug-likeness (QED) is 0.319. The van der Waals surface area contributed by atoms with Crippen LogP contribution in [-0.2, 0) is 6.54 Å². The molecule has 6 nitrogen and oxygen atoms in total. The lowest BCUT2D eigenvalue weighted by molar-refractivity contribution is 0.222. The van der Waals surface area contributed by atoms with Gasteiger partial charge in [-0.25, -0.2) is 4.98 Å². The number of fused-ring (bicyclic) bond motifs is 1. The van der Waals surface area contributed by atoms with E-state index in [9.17, 15) is 0 Å². The maximum atomic E-state index is 5.97. The van der Waals surface area contributed by atoms with E-state index in [0.717, 1.165) is 27.9 Å². The lowest BCUT2D eigenvalue weighted by Crippen LogP contribution is -2.41. The van der Waals surface area contributed by atoms with Crippen LogP contribution in [0.2, 0.25) is 0 Å². The summed E-state index contributed by atoms with van der Waals surface area (Å²) in [6, 6.07) is 8.03. The molecule has 8 heteroatoms. The van der Waals surface area contributed by atoms with Crippen LogP contribution >= 0.6 is 35.3 Å². The number of rotatable bonds is 6. The molecule has 0 amide bonds. The number of aliphatic imine (C=N–C) groups is 1. The summed E-state index contributed by atoms with van der Waals surface area (Å²) < 4.78 is 8.00. The Balaban J connectivity index is 0.00000243. The number of ether oxygens (including phenoxy) is 1. The Morgan fingerprint density at radius 2 is 2.15 bits per heavy atom. The molecule has 0 spiro atoms. The number of guanidine groups is 1. The van der Waals surface area contributed by atoms with Gasteiger partial charge in [0.2, 0.25) is 0 Å². The number of hydrogen-bond acceptors (Lipinski definition) is 4. The molecule has 0 radical (unpaired) electrons. The Labute approximate surface area is 174 Å². The molecule has 0 bridgehead atoms. The minimum atomic E-state index is 0. The average Bonchev–Trinajstić information content (AvgIpc) is 3.18. The molecule has 0 aliphatic rings. The normalized spacial score (nSPS) is 12.5. The summed E-state index contributed by atoms with van der Waals surface area (Å²) in [5, 5.41) is 8.59. The molecule has 0 fully saturated rings. The molecule has 1 unspecified atom stereocenters. The fraction of sp³-hybridized carbons (Fsp3) is 0.333. The summed E-state index contributed by atoms with van der Waals surface area (Å²) in [5.74, 6) is 1.65. The highest BCUT2D eigenvalue weighted by atomic mass is 127. The van der Waals surface area contributed by atoms with E-state index in [2.05, 4.69) is 20.6 Å². The van der Waals surface area contributed by atoms with Gasteiger partial charge in [0, 0.05) is 24.8 Å². The van der Waals surface area contributed by atoms with Crippen molar-refractivity contribution in [1.82, 2.24) is 20.0 Å². The fourth-order valence-corrected chi connectivity index (χ4v) is 3.16. The zero-order chi connectivity index (χ0) is 17.6. The number of hydrogen-bond donors (Lipinski definition) is 2.